The maximum absolute atomic E-state index is 12.6. The van der Waals surface area contributed by atoms with E-state index < -0.39 is 5.92 Å². The largest absolute Gasteiger partial charge is 0.368 e. The van der Waals surface area contributed by atoms with Gasteiger partial charge in [-0.2, -0.15) is 0 Å². The minimum absolute atomic E-state index is 0.0815. The van der Waals surface area contributed by atoms with Crippen molar-refractivity contribution in [3.63, 3.8) is 0 Å². The summed E-state index contributed by atoms with van der Waals surface area (Å²) < 4.78 is 1.52. The lowest BCUT2D eigenvalue weighted by molar-refractivity contribution is -0.126. The fourth-order valence-electron chi connectivity index (χ4n) is 3.79. The molecule has 1 unspecified atom stereocenters. The van der Waals surface area contributed by atoms with Crippen LogP contribution in [0.1, 0.15) is 23.2 Å². The van der Waals surface area contributed by atoms with Crippen LogP contribution in [0.5, 0.6) is 0 Å². The van der Waals surface area contributed by atoms with Crippen molar-refractivity contribution in [3.8, 4) is 11.3 Å². The van der Waals surface area contributed by atoms with Gasteiger partial charge in [0, 0.05) is 24.1 Å². The fourth-order valence-corrected chi connectivity index (χ4v) is 3.79. The first-order chi connectivity index (χ1) is 13.9. The van der Waals surface area contributed by atoms with E-state index in [1.165, 1.54) is 4.68 Å². The van der Waals surface area contributed by atoms with Crippen LogP contribution in [0.25, 0.3) is 11.3 Å². The zero-order valence-electron chi connectivity index (χ0n) is 16.4. The zero-order chi connectivity index (χ0) is 20.5. The first-order valence-corrected chi connectivity index (χ1v) is 9.52. The van der Waals surface area contributed by atoms with Gasteiger partial charge in [-0.15, -0.1) is 0 Å². The Morgan fingerprint density at radius 2 is 1.90 bits per heavy atom. The number of benzene rings is 2. The number of rotatable bonds is 4. The number of carbonyl (C=O) groups excluding carboxylic acids is 2. The number of nitrogens with two attached hydrogens (primary N) is 1. The Kier molecular flexibility index (Phi) is 4.80. The molecular weight excluding hydrogens is 366 g/mol. The van der Waals surface area contributed by atoms with Gasteiger partial charge in [0.15, 0.2) is 0 Å². The summed E-state index contributed by atoms with van der Waals surface area (Å²) in [6.45, 7) is 3.96. The summed E-state index contributed by atoms with van der Waals surface area (Å²) >= 11 is 0. The van der Waals surface area contributed by atoms with E-state index in [-0.39, 0.29) is 24.2 Å². The molecule has 4 N–H and O–H groups in total. The molecule has 0 saturated carbocycles. The Morgan fingerprint density at radius 1 is 1.21 bits per heavy atom. The van der Waals surface area contributed by atoms with Gasteiger partial charge in [0.1, 0.15) is 0 Å². The van der Waals surface area contributed by atoms with E-state index in [1.54, 1.807) is 0 Å². The van der Waals surface area contributed by atoms with Crippen molar-refractivity contribution in [1.82, 2.24) is 9.66 Å². The molecule has 7 heteroatoms. The highest BCUT2D eigenvalue weighted by Crippen LogP contribution is 2.30. The molecule has 0 saturated heterocycles. The molecular formula is C22H23N5O2. The molecule has 1 aliphatic heterocycles. The molecule has 4 rings (SSSR count). The van der Waals surface area contributed by atoms with Crippen LogP contribution in [0.4, 0.5) is 11.6 Å². The molecule has 0 aliphatic carbocycles. The summed E-state index contributed by atoms with van der Waals surface area (Å²) in [4.78, 5) is 29.6. The second-order valence-corrected chi connectivity index (χ2v) is 7.47. The number of aromatic nitrogens is 2. The third-order valence-electron chi connectivity index (χ3n) is 5.02. The smallest absolute Gasteiger partial charge is 0.242 e. The van der Waals surface area contributed by atoms with Crippen molar-refractivity contribution in [2.45, 2.75) is 26.7 Å². The predicted octanol–water partition coefficient (Wildman–Crippen LogP) is 3.02. The highest BCUT2D eigenvalue weighted by molar-refractivity contribution is 5.97. The first kappa shape index (κ1) is 18.7. The highest BCUT2D eigenvalue weighted by Gasteiger charge is 2.32. The Bertz CT molecular complexity index is 1070. The molecule has 29 heavy (non-hydrogen) atoms. The van der Waals surface area contributed by atoms with Crippen LogP contribution < -0.4 is 16.5 Å². The molecule has 0 bridgehead atoms. The second-order valence-electron chi connectivity index (χ2n) is 7.47. The number of imidazole rings is 1. The molecule has 2 heterocycles. The van der Waals surface area contributed by atoms with Crippen LogP contribution in [0.2, 0.25) is 0 Å². The summed E-state index contributed by atoms with van der Waals surface area (Å²) in [6, 6.07) is 15.5. The molecule has 1 atom stereocenters. The van der Waals surface area contributed by atoms with Crippen LogP contribution in [-0.4, -0.2) is 21.5 Å². The molecule has 0 spiro atoms. The standard InChI is InChI=1S/C22H23N5O2/c1-13-8-14(2)10-17(9-13)24-19(28)12-16-11-18-20(15-6-4-3-5-7-15)25-22(23)27(18)26-21(16)29/h3-10,16H,11-12H2,1-2H3,(H2,23,25)(H,24,28)(H,26,29). The molecule has 0 fully saturated rings. The van der Waals surface area contributed by atoms with Crippen molar-refractivity contribution < 1.29 is 9.59 Å². The fraction of sp³-hybridized carbons (Fsp3) is 0.227. The van der Waals surface area contributed by atoms with Crippen LogP contribution in [-0.2, 0) is 16.0 Å². The predicted molar refractivity (Wildman–Crippen MR) is 113 cm³/mol. The van der Waals surface area contributed by atoms with E-state index in [2.05, 4.69) is 15.7 Å². The summed E-state index contributed by atoms with van der Waals surface area (Å²) in [5.41, 5.74) is 14.1. The van der Waals surface area contributed by atoms with E-state index in [4.69, 9.17) is 5.73 Å². The van der Waals surface area contributed by atoms with E-state index in [9.17, 15) is 9.59 Å². The quantitative estimate of drug-likeness (QED) is 0.638. The molecule has 148 valence electrons. The number of nitrogen functional groups attached to an aromatic ring is 1. The Hall–Kier alpha value is -3.61. The van der Waals surface area contributed by atoms with Crippen molar-refractivity contribution in [1.29, 1.82) is 0 Å². The maximum atomic E-state index is 12.6. The Balaban J connectivity index is 1.54. The van der Waals surface area contributed by atoms with E-state index in [0.717, 1.165) is 33.8 Å². The first-order valence-electron chi connectivity index (χ1n) is 9.52. The number of amides is 2. The van der Waals surface area contributed by atoms with Crippen LogP contribution in [0.15, 0.2) is 48.5 Å². The third kappa shape index (κ3) is 3.85. The second kappa shape index (κ2) is 7.43. The minimum Gasteiger partial charge on any atom is -0.368 e. The van der Waals surface area contributed by atoms with Crippen molar-refractivity contribution in [3.05, 3.63) is 65.4 Å². The molecule has 1 aromatic heterocycles. The van der Waals surface area contributed by atoms with Crippen LogP contribution in [0.3, 0.4) is 0 Å². The minimum atomic E-state index is -0.494. The lowest BCUT2D eigenvalue weighted by Crippen LogP contribution is -2.39. The Labute approximate surface area is 168 Å². The van der Waals surface area contributed by atoms with Crippen molar-refractivity contribution in [2.75, 3.05) is 16.5 Å². The lowest BCUT2D eigenvalue weighted by Gasteiger charge is -2.24. The summed E-state index contributed by atoms with van der Waals surface area (Å²) in [7, 11) is 0. The van der Waals surface area contributed by atoms with E-state index >= 15 is 0 Å². The summed E-state index contributed by atoms with van der Waals surface area (Å²) in [5, 5.41) is 2.90. The molecule has 7 nitrogen and oxygen atoms in total. The van der Waals surface area contributed by atoms with Crippen molar-refractivity contribution >= 4 is 23.5 Å². The average Bonchev–Trinajstić information content (AvgIpc) is 2.97. The summed E-state index contributed by atoms with van der Waals surface area (Å²) in [6.07, 6.45) is 0.471. The summed E-state index contributed by atoms with van der Waals surface area (Å²) in [5.74, 6) is -0.702. The van der Waals surface area contributed by atoms with Gasteiger partial charge in [-0.1, -0.05) is 36.4 Å². The molecule has 2 aromatic carbocycles. The number of hydrogen-bond donors (Lipinski definition) is 3. The number of fused-ring (bicyclic) bond motifs is 1. The van der Waals surface area contributed by atoms with Gasteiger partial charge in [-0.25, -0.2) is 9.66 Å². The number of anilines is 2. The maximum Gasteiger partial charge on any atom is 0.242 e. The average molecular weight is 389 g/mol. The number of aryl methyl sites for hydroxylation is 2. The number of nitrogens with one attached hydrogen (secondary N) is 2. The van der Waals surface area contributed by atoms with Gasteiger partial charge in [0.25, 0.3) is 0 Å². The number of hydrogen-bond acceptors (Lipinski definition) is 4. The van der Waals surface area contributed by atoms with Crippen molar-refractivity contribution in [2.24, 2.45) is 5.92 Å². The Morgan fingerprint density at radius 3 is 2.59 bits per heavy atom. The monoisotopic (exact) mass is 389 g/mol. The highest BCUT2D eigenvalue weighted by atomic mass is 16.2. The SMILES string of the molecule is Cc1cc(C)cc(NC(=O)CC2Cc3c(-c4ccccc4)nc(N)n3NC2=O)c1. The zero-order valence-corrected chi connectivity index (χ0v) is 16.4. The third-order valence-corrected chi connectivity index (χ3v) is 5.02. The molecule has 2 amide bonds. The van der Waals surface area contributed by atoms with Gasteiger partial charge in [-0.3, -0.25) is 15.0 Å². The number of nitrogens with zero attached hydrogens (tertiary/aromatic N) is 2. The van der Waals surface area contributed by atoms with Crippen LogP contribution in [0, 0.1) is 19.8 Å². The normalized spacial score (nSPS) is 15.5. The molecule has 0 radical (unpaired) electrons. The van der Waals surface area contributed by atoms with Gasteiger partial charge < -0.3 is 11.1 Å². The van der Waals surface area contributed by atoms with E-state index in [0.29, 0.717) is 6.42 Å². The molecule has 3 aromatic rings. The van der Waals surface area contributed by atoms with Gasteiger partial charge in [-0.05, 0) is 37.1 Å². The van der Waals surface area contributed by atoms with Gasteiger partial charge in [0.05, 0.1) is 17.3 Å². The lowest BCUT2D eigenvalue weighted by atomic mass is 9.94. The topological polar surface area (TPSA) is 102 Å². The van der Waals surface area contributed by atoms with Gasteiger partial charge in [0.2, 0.25) is 17.8 Å². The van der Waals surface area contributed by atoms with Gasteiger partial charge >= 0.3 is 0 Å². The van der Waals surface area contributed by atoms with E-state index in [1.807, 2.05) is 62.4 Å². The molecule has 1 aliphatic rings. The van der Waals surface area contributed by atoms with Crippen LogP contribution >= 0.6 is 0 Å². The number of carbonyl (C=O) groups is 2.